The predicted octanol–water partition coefficient (Wildman–Crippen LogP) is 26.5. The molecule has 2 aliphatic heterocycles. The lowest BCUT2D eigenvalue weighted by molar-refractivity contribution is 0.940. The van der Waals surface area contributed by atoms with Crippen LogP contribution >= 0.6 is 0 Å². The van der Waals surface area contributed by atoms with E-state index in [2.05, 4.69) is 323 Å². The molecule has 0 N–H and O–H groups in total. The van der Waals surface area contributed by atoms with Crippen molar-refractivity contribution in [2.75, 3.05) is 4.90 Å². The monoisotopic (exact) mass is 1230 g/mol. The highest BCUT2D eigenvalue weighted by atomic mass is 15.2. The summed E-state index contributed by atoms with van der Waals surface area (Å²) in [4.78, 5) is 7.57. The van der Waals surface area contributed by atoms with Gasteiger partial charge in [-0.3, -0.25) is 4.99 Å². The van der Waals surface area contributed by atoms with E-state index in [1.165, 1.54) is 120 Å². The number of aromatic nitrogens is 1. The molecule has 1 unspecified atom stereocenters. The summed E-state index contributed by atoms with van der Waals surface area (Å²) >= 11 is 0. The number of aliphatic imine (C=N–C) groups is 1. The number of hydrogen-bond donors (Lipinski definition) is 0. The summed E-state index contributed by atoms with van der Waals surface area (Å²) < 4.78 is 2.41. The lowest BCUT2D eigenvalue weighted by atomic mass is 9.85. The van der Waals surface area contributed by atoms with Crippen LogP contribution in [0, 0.1) is 0 Å². The van der Waals surface area contributed by atoms with Crippen LogP contribution < -0.4 is 4.90 Å². The maximum absolute atomic E-state index is 5.13. The molecule has 3 heteroatoms. The molecule has 0 bridgehead atoms. The number of fused-ring (bicyclic) bond motifs is 1. The minimum absolute atomic E-state index is 0.0922. The molecule has 12 aromatic rings. The van der Waals surface area contributed by atoms with Crippen LogP contribution in [-0.2, 0) is 6.42 Å². The lowest BCUT2D eigenvalue weighted by Gasteiger charge is -2.35. The van der Waals surface area contributed by atoms with E-state index < -0.39 is 0 Å². The Bertz CT molecular complexity index is 5040. The molecular formula is C92H85N3. The summed E-state index contributed by atoms with van der Waals surface area (Å²) in [6, 6.07) is 64.3. The van der Waals surface area contributed by atoms with Crippen molar-refractivity contribution in [3.63, 3.8) is 0 Å². The van der Waals surface area contributed by atoms with Crippen LogP contribution in [-0.4, -0.2) is 10.8 Å². The van der Waals surface area contributed by atoms with Crippen molar-refractivity contribution in [2.45, 2.75) is 88.0 Å². The van der Waals surface area contributed by atoms with Crippen LogP contribution in [0.25, 0.3) is 121 Å². The van der Waals surface area contributed by atoms with Gasteiger partial charge in [0.05, 0.1) is 0 Å². The molecule has 0 saturated carbocycles. The molecule has 11 aromatic carbocycles. The average Bonchev–Trinajstić information content (AvgIpc) is 1.34. The van der Waals surface area contributed by atoms with E-state index in [9.17, 15) is 0 Å². The third-order valence-corrected chi connectivity index (χ3v) is 18.4. The van der Waals surface area contributed by atoms with Crippen molar-refractivity contribution in [3.8, 4) is 39.1 Å². The number of allylic oxidation sites excluding steroid dienone is 18. The molecule has 0 saturated heterocycles. The number of rotatable bonds is 13. The molecule has 0 fully saturated rings. The van der Waals surface area contributed by atoms with E-state index in [-0.39, 0.29) is 5.92 Å². The summed E-state index contributed by atoms with van der Waals surface area (Å²) in [6.45, 7) is 24.7. The van der Waals surface area contributed by atoms with E-state index in [0.29, 0.717) is 0 Å². The van der Waals surface area contributed by atoms with Crippen LogP contribution in [0.4, 0.5) is 5.69 Å². The largest absolute Gasteiger partial charge is 0.319 e. The zero-order valence-corrected chi connectivity index (χ0v) is 56.8. The van der Waals surface area contributed by atoms with Crippen LogP contribution in [0.15, 0.2) is 308 Å². The predicted molar refractivity (Wildman–Crippen MR) is 420 cm³/mol. The molecular weight excluding hydrogens is 1150 g/mol. The molecule has 3 aliphatic rings. The SMILES string of the molecule is C=C/C=C\C1=C(C)CC(C)=C(/C=C\C=C/C)N1c1cc(-c2ccc(C3=CN=CC(c4cc(-c5ccc6ccc7cccc8ccc5c6c78)cc(-c5ccc6ccc7cccc8ccc5c6c78)c4)C=C3)cc2)cc(-n2cc(/C=C\C=C/C)c3c2CC=CC=C3)c1.CC.CC.CC. The zero-order valence-electron chi connectivity index (χ0n) is 56.8. The van der Waals surface area contributed by atoms with Gasteiger partial charge in [-0.1, -0.05) is 285 Å². The van der Waals surface area contributed by atoms with E-state index >= 15 is 0 Å². The molecule has 1 aromatic heterocycles. The second-order valence-electron chi connectivity index (χ2n) is 23.9. The van der Waals surface area contributed by atoms with E-state index in [4.69, 9.17) is 4.99 Å². The van der Waals surface area contributed by atoms with Gasteiger partial charge >= 0.3 is 0 Å². The first kappa shape index (κ1) is 64.2. The van der Waals surface area contributed by atoms with Gasteiger partial charge in [-0.05, 0) is 196 Å². The van der Waals surface area contributed by atoms with Crippen LogP contribution in [0.1, 0.15) is 110 Å². The van der Waals surface area contributed by atoms with Crippen molar-refractivity contribution in [1.82, 2.24) is 4.57 Å². The molecule has 1 atom stereocenters. The highest BCUT2D eigenvalue weighted by Gasteiger charge is 2.26. The Kier molecular flexibility index (Phi) is 19.6. The van der Waals surface area contributed by atoms with Crippen molar-refractivity contribution in [2.24, 2.45) is 4.99 Å². The molecule has 0 amide bonds. The van der Waals surface area contributed by atoms with Gasteiger partial charge in [0, 0.05) is 70.5 Å². The Morgan fingerprint density at radius 1 is 0.484 bits per heavy atom. The normalized spacial score (nSPS) is 14.9. The summed E-state index contributed by atoms with van der Waals surface area (Å²) in [6.07, 6.45) is 44.8. The number of hydrogen-bond acceptors (Lipinski definition) is 2. The Labute approximate surface area is 562 Å². The third-order valence-electron chi connectivity index (χ3n) is 18.4. The Morgan fingerprint density at radius 3 is 1.59 bits per heavy atom. The summed E-state index contributed by atoms with van der Waals surface area (Å²) in [5.74, 6) is -0.0922. The fourth-order valence-corrected chi connectivity index (χ4v) is 14.1. The quantitative estimate of drug-likeness (QED) is 0.0832. The Morgan fingerprint density at radius 2 is 1.01 bits per heavy atom. The van der Waals surface area contributed by atoms with Crippen molar-refractivity contribution >= 4 is 94.3 Å². The standard InChI is InChI=1S/C86H67N3.3C2H6/c1-6-9-13-19-68-55-88(82-27-16-12-15-24-77(68)82)73-50-70(51-74(52-73)89-80(25-11-8-3)56(4)46-57(5)81(89)26-14-10-7-2)59-30-28-58(29-31-59)66-36-37-67(54-87-53-66)69-47-71(75-42-38-64-34-32-60-20-17-22-62-40-44-78(75)85(64)83(60)62)49-72(48-69)76-43-39-65-35-33-61-21-18-23-63-41-45-79(76)86(65)84(61)63;3*1-2/h6-26,28-45,47-55,67H,3,27,46H2,1-2,4-5H3;3*1-2H3/b9-6-,10-7-,19-13-,25-11-,26-14-;;;. The van der Waals surface area contributed by atoms with Gasteiger partial charge in [0.2, 0.25) is 0 Å². The number of benzene rings is 11. The summed E-state index contributed by atoms with van der Waals surface area (Å²) in [7, 11) is 0. The van der Waals surface area contributed by atoms with E-state index in [1.54, 1.807) is 0 Å². The van der Waals surface area contributed by atoms with Crippen molar-refractivity contribution in [1.29, 1.82) is 0 Å². The Hall–Kier alpha value is -10.9. The topological polar surface area (TPSA) is 20.5 Å². The summed E-state index contributed by atoms with van der Waals surface area (Å²) in [5, 5.41) is 15.4. The summed E-state index contributed by atoms with van der Waals surface area (Å²) in [5.41, 5.74) is 21.2. The number of nitrogens with zero attached hydrogens (tertiary/aromatic N) is 3. The molecule has 15 rings (SSSR count). The highest BCUT2D eigenvalue weighted by Crippen LogP contribution is 2.46. The fraction of sp³-hybridized carbons (Fsp3) is 0.141. The fourth-order valence-electron chi connectivity index (χ4n) is 14.1. The Balaban J connectivity index is 0.00000140. The maximum Gasteiger partial charge on any atom is 0.0488 e. The first-order chi connectivity index (χ1) is 46.8. The van der Waals surface area contributed by atoms with E-state index in [0.717, 1.165) is 57.9 Å². The minimum Gasteiger partial charge on any atom is -0.319 e. The molecule has 0 radical (unpaired) electrons. The minimum atomic E-state index is -0.0922. The lowest BCUT2D eigenvalue weighted by Crippen LogP contribution is -2.26. The van der Waals surface area contributed by atoms with Crippen LogP contribution in [0.3, 0.4) is 0 Å². The second kappa shape index (κ2) is 29.0. The smallest absolute Gasteiger partial charge is 0.0488 e. The molecule has 3 heterocycles. The van der Waals surface area contributed by atoms with Gasteiger partial charge < -0.3 is 9.47 Å². The first-order valence-corrected chi connectivity index (χ1v) is 34.1. The van der Waals surface area contributed by atoms with Gasteiger partial charge in [0.25, 0.3) is 0 Å². The van der Waals surface area contributed by atoms with Gasteiger partial charge in [-0.2, -0.15) is 0 Å². The van der Waals surface area contributed by atoms with Gasteiger partial charge in [0.1, 0.15) is 0 Å². The average molecular weight is 1230 g/mol. The molecule has 0 spiro atoms. The van der Waals surface area contributed by atoms with Gasteiger partial charge in [-0.25, -0.2) is 0 Å². The number of anilines is 1. The zero-order chi connectivity index (χ0) is 66.1. The molecule has 95 heavy (non-hydrogen) atoms. The third kappa shape index (κ3) is 12.4. The van der Waals surface area contributed by atoms with Crippen molar-refractivity contribution < 1.29 is 0 Å². The second-order valence-corrected chi connectivity index (χ2v) is 23.9. The molecule has 468 valence electrons. The maximum atomic E-state index is 5.13. The molecule has 1 aliphatic carbocycles. The highest BCUT2D eigenvalue weighted by molar-refractivity contribution is 6.27. The first-order valence-electron chi connectivity index (χ1n) is 34.1. The van der Waals surface area contributed by atoms with Gasteiger partial charge in [-0.15, -0.1) is 0 Å². The van der Waals surface area contributed by atoms with Crippen LogP contribution in [0.2, 0.25) is 0 Å². The molecule has 3 nitrogen and oxygen atoms in total. The van der Waals surface area contributed by atoms with E-state index in [1.807, 2.05) is 53.8 Å². The van der Waals surface area contributed by atoms with Crippen molar-refractivity contribution in [3.05, 3.63) is 330 Å². The van der Waals surface area contributed by atoms with Crippen LogP contribution in [0.5, 0.6) is 0 Å². The van der Waals surface area contributed by atoms with Gasteiger partial charge in [0.15, 0.2) is 0 Å².